The molecule has 0 aliphatic heterocycles. The second kappa shape index (κ2) is 6.08. The quantitative estimate of drug-likeness (QED) is 0.446. The van der Waals surface area contributed by atoms with Crippen LogP contribution in [0.25, 0.3) is 0 Å². The van der Waals surface area contributed by atoms with Crippen molar-refractivity contribution in [1.29, 1.82) is 0 Å². The maximum Gasteiger partial charge on any atom is 0.456 e. The maximum atomic E-state index is 12.7. The molecule has 0 amide bonds. The van der Waals surface area contributed by atoms with Crippen LogP contribution in [0.5, 0.6) is 6.01 Å². The van der Waals surface area contributed by atoms with Gasteiger partial charge < -0.3 is 4.74 Å². The minimum absolute atomic E-state index is 0.170. The number of carbonyl (C=O) groups excluding carboxylic acids is 1. The highest BCUT2D eigenvalue weighted by Gasteiger charge is 2.58. The van der Waals surface area contributed by atoms with Crippen molar-refractivity contribution in [2.24, 2.45) is 7.05 Å². The Morgan fingerprint density at radius 2 is 1.95 bits per heavy atom. The van der Waals surface area contributed by atoms with Crippen LogP contribution in [0.2, 0.25) is 0 Å². The number of ether oxygens (including phenoxy) is 1. The van der Waals surface area contributed by atoms with E-state index in [1.165, 1.54) is 0 Å². The molecular formula is C10H8BrF5N2O3. The van der Waals surface area contributed by atoms with E-state index in [0.29, 0.717) is 4.57 Å². The number of hydrogen-bond acceptors (Lipinski definition) is 4. The normalized spacial score (nSPS) is 12.3. The summed E-state index contributed by atoms with van der Waals surface area (Å²) in [6.45, 7) is -2.03. The SMILES string of the molecule is Cn1c(OCC(F)(F)C(F)(F)F)ncc(C(=O)CBr)c1=O. The van der Waals surface area contributed by atoms with Crippen molar-refractivity contribution in [3.63, 3.8) is 0 Å². The molecular weight excluding hydrogens is 371 g/mol. The summed E-state index contributed by atoms with van der Waals surface area (Å²) in [7, 11) is 1.03. The highest BCUT2D eigenvalue weighted by Crippen LogP contribution is 2.35. The first-order valence-electron chi connectivity index (χ1n) is 5.24. The molecule has 1 aromatic heterocycles. The van der Waals surface area contributed by atoms with E-state index in [4.69, 9.17) is 0 Å². The molecule has 0 radical (unpaired) electrons. The molecule has 0 saturated heterocycles. The zero-order chi connectivity index (χ0) is 16.4. The Morgan fingerprint density at radius 3 is 2.43 bits per heavy atom. The van der Waals surface area contributed by atoms with Gasteiger partial charge in [-0.25, -0.2) is 4.98 Å². The fourth-order valence-electron chi connectivity index (χ4n) is 1.16. The largest absolute Gasteiger partial charge is 0.458 e. The van der Waals surface area contributed by atoms with E-state index in [1.807, 2.05) is 0 Å². The summed E-state index contributed by atoms with van der Waals surface area (Å²) < 4.78 is 66.1. The Hall–Kier alpha value is -1.52. The van der Waals surface area contributed by atoms with Crippen LogP contribution in [0.15, 0.2) is 11.0 Å². The van der Waals surface area contributed by atoms with Gasteiger partial charge in [-0.15, -0.1) is 0 Å². The number of carbonyl (C=O) groups is 1. The van der Waals surface area contributed by atoms with Gasteiger partial charge >= 0.3 is 12.1 Å². The van der Waals surface area contributed by atoms with Crippen LogP contribution in [-0.4, -0.2) is 39.4 Å². The van der Waals surface area contributed by atoms with Crippen molar-refractivity contribution < 1.29 is 31.5 Å². The van der Waals surface area contributed by atoms with Crippen LogP contribution < -0.4 is 10.3 Å². The molecule has 11 heteroatoms. The molecule has 1 rings (SSSR count). The fraction of sp³-hybridized carbons (Fsp3) is 0.500. The average Bonchev–Trinajstić information content (AvgIpc) is 2.38. The molecule has 0 N–H and O–H groups in total. The summed E-state index contributed by atoms with van der Waals surface area (Å²) in [5.41, 5.74) is -1.26. The van der Waals surface area contributed by atoms with E-state index in [9.17, 15) is 31.5 Å². The smallest absolute Gasteiger partial charge is 0.456 e. The highest BCUT2D eigenvalue weighted by molar-refractivity contribution is 9.09. The predicted molar refractivity (Wildman–Crippen MR) is 64.1 cm³/mol. The molecule has 0 aliphatic carbocycles. The fourth-order valence-corrected chi connectivity index (χ4v) is 1.47. The predicted octanol–water partition coefficient (Wildman–Crippen LogP) is 1.93. The van der Waals surface area contributed by atoms with Crippen LogP contribution in [0, 0.1) is 0 Å². The van der Waals surface area contributed by atoms with Gasteiger partial charge in [-0.05, 0) is 0 Å². The number of rotatable bonds is 5. The first-order valence-corrected chi connectivity index (χ1v) is 6.36. The molecule has 118 valence electrons. The van der Waals surface area contributed by atoms with E-state index in [2.05, 4.69) is 25.7 Å². The van der Waals surface area contributed by atoms with Crippen molar-refractivity contribution in [2.45, 2.75) is 12.1 Å². The molecule has 0 unspecified atom stereocenters. The molecule has 1 aromatic rings. The van der Waals surface area contributed by atoms with Gasteiger partial charge in [-0.1, -0.05) is 15.9 Å². The van der Waals surface area contributed by atoms with E-state index < -0.39 is 36.1 Å². The lowest BCUT2D eigenvalue weighted by atomic mass is 10.2. The van der Waals surface area contributed by atoms with Gasteiger partial charge in [0, 0.05) is 13.2 Å². The van der Waals surface area contributed by atoms with Crippen LogP contribution in [-0.2, 0) is 7.05 Å². The molecule has 0 saturated carbocycles. The summed E-state index contributed by atoms with van der Waals surface area (Å²) in [6.07, 6.45) is -5.02. The molecule has 21 heavy (non-hydrogen) atoms. The van der Waals surface area contributed by atoms with Gasteiger partial charge in [0.2, 0.25) is 0 Å². The van der Waals surface area contributed by atoms with Gasteiger partial charge in [-0.3, -0.25) is 14.2 Å². The van der Waals surface area contributed by atoms with E-state index in [-0.39, 0.29) is 10.9 Å². The third-order valence-electron chi connectivity index (χ3n) is 2.35. The van der Waals surface area contributed by atoms with E-state index >= 15 is 0 Å². The zero-order valence-electron chi connectivity index (χ0n) is 10.4. The number of hydrogen-bond donors (Lipinski definition) is 0. The zero-order valence-corrected chi connectivity index (χ0v) is 12.0. The van der Waals surface area contributed by atoms with E-state index in [0.717, 1.165) is 13.2 Å². The van der Waals surface area contributed by atoms with Crippen molar-refractivity contribution in [3.05, 3.63) is 22.1 Å². The topological polar surface area (TPSA) is 61.2 Å². The third-order valence-corrected chi connectivity index (χ3v) is 2.85. The first kappa shape index (κ1) is 17.5. The molecule has 0 aliphatic rings. The lowest BCUT2D eigenvalue weighted by molar-refractivity contribution is -0.290. The Labute approximate surface area is 122 Å². The number of aromatic nitrogens is 2. The molecule has 0 atom stereocenters. The number of nitrogens with zero attached hydrogens (tertiary/aromatic N) is 2. The monoisotopic (exact) mass is 378 g/mol. The lowest BCUT2D eigenvalue weighted by Gasteiger charge is -2.19. The molecule has 5 nitrogen and oxygen atoms in total. The van der Waals surface area contributed by atoms with Gasteiger partial charge in [0.25, 0.3) is 11.6 Å². The average molecular weight is 379 g/mol. The summed E-state index contributed by atoms with van der Waals surface area (Å²) in [5, 5.41) is -0.170. The maximum absolute atomic E-state index is 12.7. The summed E-state index contributed by atoms with van der Waals surface area (Å²) in [6, 6.07) is -0.755. The molecule has 0 spiro atoms. The highest BCUT2D eigenvalue weighted by atomic mass is 79.9. The summed E-state index contributed by atoms with van der Waals surface area (Å²) >= 11 is 2.83. The van der Waals surface area contributed by atoms with Crippen molar-refractivity contribution >= 4 is 21.7 Å². The second-order valence-electron chi connectivity index (χ2n) is 3.87. The van der Waals surface area contributed by atoms with Gasteiger partial charge in [-0.2, -0.15) is 22.0 Å². The van der Waals surface area contributed by atoms with Gasteiger partial charge in [0.15, 0.2) is 12.4 Å². The number of ketones is 1. The van der Waals surface area contributed by atoms with Gasteiger partial charge in [0.05, 0.1) is 5.33 Å². The first-order chi connectivity index (χ1) is 9.51. The van der Waals surface area contributed by atoms with Crippen LogP contribution >= 0.6 is 15.9 Å². The lowest BCUT2D eigenvalue weighted by Crippen LogP contribution is -2.42. The third kappa shape index (κ3) is 3.77. The van der Waals surface area contributed by atoms with Crippen LogP contribution in [0.1, 0.15) is 10.4 Å². The number of halogens is 6. The Kier molecular flexibility index (Phi) is 5.07. The molecule has 0 aromatic carbocycles. The van der Waals surface area contributed by atoms with Crippen molar-refractivity contribution in [3.8, 4) is 6.01 Å². The van der Waals surface area contributed by atoms with Crippen molar-refractivity contribution in [2.75, 3.05) is 11.9 Å². The van der Waals surface area contributed by atoms with Crippen LogP contribution in [0.4, 0.5) is 22.0 Å². The van der Waals surface area contributed by atoms with Gasteiger partial charge in [0.1, 0.15) is 5.56 Å². The standard InChI is InChI=1S/C10H8BrF5N2O3/c1-18-7(20)5(6(19)2-11)3-17-8(18)21-4-9(12,13)10(14,15)16/h3H,2,4H2,1H3. The molecule has 0 fully saturated rings. The molecule has 0 bridgehead atoms. The minimum Gasteiger partial charge on any atom is -0.458 e. The van der Waals surface area contributed by atoms with E-state index in [1.54, 1.807) is 0 Å². The van der Waals surface area contributed by atoms with Crippen molar-refractivity contribution in [1.82, 2.24) is 9.55 Å². The Bertz CT molecular complexity index is 599. The summed E-state index contributed by atoms with van der Waals surface area (Å²) in [5.74, 6) is -5.70. The van der Waals surface area contributed by atoms with Crippen LogP contribution in [0.3, 0.4) is 0 Å². The Morgan fingerprint density at radius 1 is 1.38 bits per heavy atom. The Balaban J connectivity index is 3.00. The second-order valence-corrected chi connectivity index (χ2v) is 4.43. The summed E-state index contributed by atoms with van der Waals surface area (Å²) in [4.78, 5) is 26.4. The number of Topliss-reactive ketones (excluding diaryl/α,β-unsaturated/α-hetero) is 1. The molecule has 1 heterocycles. The number of alkyl halides is 6. The minimum atomic E-state index is -5.78.